The molecular weight excluding hydrogens is 386 g/mol. The fraction of sp³-hybridized carbons (Fsp3) is 0.227. The summed E-state index contributed by atoms with van der Waals surface area (Å²) in [6, 6.07) is 10.3. The van der Waals surface area contributed by atoms with E-state index in [4.69, 9.17) is 15.2 Å². The number of rotatable bonds is 4. The SMILES string of the molecule is COC(=O)C1=CC(c2cc(Oc3cccc(N)c3)ccn2)=C[N+]1(C(=O)O)C(C)(C)C. The van der Waals surface area contributed by atoms with Crippen molar-refractivity contribution in [1.82, 2.24) is 4.98 Å². The number of nitrogens with zero attached hydrogens (tertiary/aromatic N) is 2. The van der Waals surface area contributed by atoms with E-state index in [9.17, 15) is 14.7 Å². The van der Waals surface area contributed by atoms with Crippen molar-refractivity contribution in [2.24, 2.45) is 0 Å². The van der Waals surface area contributed by atoms with Crippen LogP contribution in [0.4, 0.5) is 10.5 Å². The molecule has 3 rings (SSSR count). The summed E-state index contributed by atoms with van der Waals surface area (Å²) >= 11 is 0. The Morgan fingerprint density at radius 2 is 1.83 bits per heavy atom. The van der Waals surface area contributed by atoms with E-state index in [1.807, 2.05) is 0 Å². The van der Waals surface area contributed by atoms with E-state index in [-0.39, 0.29) is 5.70 Å². The second-order valence-corrected chi connectivity index (χ2v) is 7.83. The average molecular weight is 410 g/mol. The topological polar surface area (TPSA) is 112 Å². The van der Waals surface area contributed by atoms with Gasteiger partial charge in [-0.25, -0.2) is 4.79 Å². The Labute approximate surface area is 174 Å². The van der Waals surface area contributed by atoms with Gasteiger partial charge in [0.1, 0.15) is 23.2 Å². The first-order valence-electron chi connectivity index (χ1n) is 9.24. The summed E-state index contributed by atoms with van der Waals surface area (Å²) in [5.41, 5.74) is 6.43. The van der Waals surface area contributed by atoms with Gasteiger partial charge >= 0.3 is 12.1 Å². The number of esters is 1. The molecule has 8 nitrogen and oxygen atoms in total. The highest BCUT2D eigenvalue weighted by molar-refractivity contribution is 5.94. The standard InChI is InChI=1S/C22H23N3O5/c1-22(2,3)25(21(27)28)13-14(10-19(25)20(26)29-4)18-12-17(8-9-24-18)30-16-7-5-6-15(23)11-16/h5-13H,23H2,1-4H3/p+1. The molecule has 0 saturated heterocycles. The minimum absolute atomic E-state index is 0.00328. The Hall–Kier alpha value is -3.65. The molecule has 1 aromatic carbocycles. The maximum atomic E-state index is 12.4. The van der Waals surface area contributed by atoms with Crippen molar-refractivity contribution in [3.8, 4) is 11.5 Å². The van der Waals surface area contributed by atoms with E-state index >= 15 is 0 Å². The van der Waals surface area contributed by atoms with Gasteiger partial charge in [0.05, 0.1) is 18.4 Å². The zero-order chi connectivity index (χ0) is 22.1. The number of aromatic nitrogens is 1. The molecule has 30 heavy (non-hydrogen) atoms. The van der Waals surface area contributed by atoms with Crippen LogP contribution in [-0.4, -0.2) is 39.3 Å². The molecule has 1 aliphatic heterocycles. The van der Waals surface area contributed by atoms with Gasteiger partial charge in [0.25, 0.3) is 0 Å². The molecule has 1 unspecified atom stereocenters. The van der Waals surface area contributed by atoms with E-state index in [1.165, 1.54) is 19.4 Å². The number of hydrogen-bond acceptors (Lipinski definition) is 6. The number of allylic oxidation sites excluding steroid dienone is 2. The Bertz CT molecular complexity index is 1070. The van der Waals surface area contributed by atoms with Crippen molar-refractivity contribution < 1.29 is 28.7 Å². The fourth-order valence-corrected chi connectivity index (χ4v) is 3.36. The van der Waals surface area contributed by atoms with Crippen molar-refractivity contribution >= 4 is 23.3 Å². The summed E-state index contributed by atoms with van der Waals surface area (Å²) < 4.78 is 9.99. The van der Waals surface area contributed by atoms with Crippen molar-refractivity contribution in [3.63, 3.8) is 0 Å². The van der Waals surface area contributed by atoms with Crippen molar-refractivity contribution in [3.05, 3.63) is 66.3 Å². The summed E-state index contributed by atoms with van der Waals surface area (Å²) in [5, 5.41) is 10.1. The highest BCUT2D eigenvalue weighted by atomic mass is 16.5. The Balaban J connectivity index is 2.07. The van der Waals surface area contributed by atoms with Gasteiger partial charge in [-0.3, -0.25) is 4.98 Å². The van der Waals surface area contributed by atoms with Gasteiger partial charge in [-0.1, -0.05) is 6.07 Å². The molecule has 0 bridgehead atoms. The van der Waals surface area contributed by atoms with Crippen LogP contribution in [0.3, 0.4) is 0 Å². The summed E-state index contributed by atoms with van der Waals surface area (Å²) in [5.74, 6) is 0.338. The maximum absolute atomic E-state index is 12.4. The van der Waals surface area contributed by atoms with Crippen LogP contribution in [0.5, 0.6) is 11.5 Å². The van der Waals surface area contributed by atoms with Gasteiger partial charge in [-0.05, 0) is 39.0 Å². The molecule has 0 saturated carbocycles. The number of nitrogen functional groups attached to an aromatic ring is 1. The molecule has 0 radical (unpaired) electrons. The molecule has 1 atom stereocenters. The molecule has 0 spiro atoms. The Morgan fingerprint density at radius 3 is 2.43 bits per heavy atom. The molecule has 8 heteroatoms. The predicted octanol–water partition coefficient (Wildman–Crippen LogP) is 4.16. The molecule has 1 aliphatic rings. The zero-order valence-corrected chi connectivity index (χ0v) is 17.2. The van der Waals surface area contributed by atoms with E-state index in [0.29, 0.717) is 28.5 Å². The molecule has 2 heterocycles. The number of pyridine rings is 1. The lowest BCUT2D eigenvalue weighted by Gasteiger charge is -2.38. The molecule has 0 fully saturated rings. The van der Waals surface area contributed by atoms with Gasteiger partial charge in [0.2, 0.25) is 5.70 Å². The lowest BCUT2D eigenvalue weighted by molar-refractivity contribution is -0.811. The monoisotopic (exact) mass is 410 g/mol. The van der Waals surface area contributed by atoms with Crippen LogP contribution in [-0.2, 0) is 9.53 Å². The number of ether oxygens (including phenoxy) is 2. The summed E-state index contributed by atoms with van der Waals surface area (Å²) in [6.07, 6.45) is 3.36. The van der Waals surface area contributed by atoms with Crippen LogP contribution >= 0.6 is 0 Å². The molecule has 1 aromatic heterocycles. The smallest absolute Gasteiger partial charge is 0.462 e. The van der Waals surface area contributed by atoms with E-state index in [0.717, 1.165) is 0 Å². The van der Waals surface area contributed by atoms with E-state index in [1.54, 1.807) is 63.4 Å². The summed E-state index contributed by atoms with van der Waals surface area (Å²) in [7, 11) is 1.22. The van der Waals surface area contributed by atoms with E-state index < -0.39 is 22.1 Å². The summed E-state index contributed by atoms with van der Waals surface area (Å²) in [6.45, 7) is 5.22. The van der Waals surface area contributed by atoms with Gasteiger partial charge < -0.3 is 20.3 Å². The quantitative estimate of drug-likeness (QED) is 0.442. The van der Waals surface area contributed by atoms with Crippen molar-refractivity contribution in [1.29, 1.82) is 0 Å². The second kappa shape index (κ2) is 7.64. The molecule has 2 aromatic rings. The third-order valence-corrected chi connectivity index (χ3v) is 4.88. The molecule has 156 valence electrons. The molecular formula is C22H24N3O5+. The Kier molecular flexibility index (Phi) is 5.37. The highest BCUT2D eigenvalue weighted by Gasteiger charge is 2.56. The minimum Gasteiger partial charge on any atom is -0.462 e. The Morgan fingerprint density at radius 1 is 1.13 bits per heavy atom. The first kappa shape index (κ1) is 21.1. The van der Waals surface area contributed by atoms with Crippen LogP contribution in [0.15, 0.2) is 60.6 Å². The number of carbonyl (C=O) groups is 2. The number of hydrogen-bond donors (Lipinski definition) is 2. The number of anilines is 1. The lowest BCUT2D eigenvalue weighted by atomic mass is 10.0. The number of quaternary nitrogens is 1. The van der Waals surface area contributed by atoms with Crippen LogP contribution in [0.2, 0.25) is 0 Å². The predicted molar refractivity (Wildman–Crippen MR) is 111 cm³/mol. The number of amides is 1. The van der Waals surface area contributed by atoms with Gasteiger partial charge in [-0.2, -0.15) is 9.28 Å². The van der Waals surface area contributed by atoms with Crippen LogP contribution < -0.4 is 10.5 Å². The first-order valence-corrected chi connectivity index (χ1v) is 9.24. The fourth-order valence-electron chi connectivity index (χ4n) is 3.36. The third-order valence-electron chi connectivity index (χ3n) is 4.88. The van der Waals surface area contributed by atoms with Crippen LogP contribution in [0.25, 0.3) is 5.57 Å². The number of benzene rings is 1. The van der Waals surface area contributed by atoms with E-state index in [2.05, 4.69) is 4.98 Å². The van der Waals surface area contributed by atoms with Crippen molar-refractivity contribution in [2.45, 2.75) is 26.3 Å². The van der Waals surface area contributed by atoms with Crippen LogP contribution in [0, 0.1) is 0 Å². The maximum Gasteiger partial charge on any atom is 0.524 e. The van der Waals surface area contributed by atoms with Gasteiger partial charge in [0, 0.05) is 30.1 Å². The van der Waals surface area contributed by atoms with Gasteiger partial charge in [0.15, 0.2) is 0 Å². The number of methoxy groups -OCH3 is 1. The number of carboxylic acid groups (broad SMARTS) is 1. The molecule has 0 aliphatic carbocycles. The van der Waals surface area contributed by atoms with Gasteiger partial charge in [-0.15, -0.1) is 0 Å². The largest absolute Gasteiger partial charge is 0.524 e. The third kappa shape index (κ3) is 3.65. The second-order valence-electron chi connectivity index (χ2n) is 7.83. The zero-order valence-electron chi connectivity index (χ0n) is 17.2. The number of nitrogens with two attached hydrogens (primary N) is 1. The first-order chi connectivity index (χ1) is 14.1. The summed E-state index contributed by atoms with van der Waals surface area (Å²) in [4.78, 5) is 29.1. The van der Waals surface area contributed by atoms with Crippen LogP contribution in [0.1, 0.15) is 26.5 Å². The lowest BCUT2D eigenvalue weighted by Crippen LogP contribution is -2.59. The molecule has 1 amide bonds. The highest BCUT2D eigenvalue weighted by Crippen LogP contribution is 2.41. The normalized spacial score (nSPS) is 18.4. The van der Waals surface area contributed by atoms with Crippen molar-refractivity contribution in [2.75, 3.05) is 12.8 Å². The molecule has 3 N–H and O–H groups in total. The average Bonchev–Trinajstić information content (AvgIpc) is 3.10. The minimum atomic E-state index is -1.19. The number of carbonyl (C=O) groups excluding carboxylic acids is 1.